The zero-order valence-electron chi connectivity index (χ0n) is 12.1. The predicted molar refractivity (Wildman–Crippen MR) is 77.2 cm³/mol. The van der Waals surface area contributed by atoms with Crippen molar-refractivity contribution in [3.63, 3.8) is 0 Å². The zero-order valence-corrected chi connectivity index (χ0v) is 12.1. The number of aldehydes is 1. The Morgan fingerprint density at radius 1 is 1.00 bits per heavy atom. The molecule has 0 spiro atoms. The molecule has 1 saturated carbocycles. The number of nitrogens with zero attached hydrogens (tertiary/aromatic N) is 2. The zero-order chi connectivity index (χ0) is 13.1. The van der Waals surface area contributed by atoms with Gasteiger partial charge in [-0.2, -0.15) is 0 Å². The number of likely N-dealkylation sites (tertiary alicyclic amines) is 2. The fourth-order valence-electron chi connectivity index (χ4n) is 4.38. The van der Waals surface area contributed by atoms with Crippen LogP contribution in [0, 0.1) is 5.41 Å². The van der Waals surface area contributed by atoms with Crippen LogP contribution >= 0.6 is 0 Å². The van der Waals surface area contributed by atoms with Crippen molar-refractivity contribution in [1.82, 2.24) is 9.80 Å². The van der Waals surface area contributed by atoms with Crippen LogP contribution in [0.2, 0.25) is 0 Å². The van der Waals surface area contributed by atoms with Gasteiger partial charge >= 0.3 is 0 Å². The Morgan fingerprint density at radius 3 is 2.42 bits per heavy atom. The topological polar surface area (TPSA) is 23.6 Å². The van der Waals surface area contributed by atoms with E-state index < -0.39 is 0 Å². The monoisotopic (exact) mass is 264 g/mol. The molecule has 3 rings (SSSR count). The molecule has 0 aromatic carbocycles. The van der Waals surface area contributed by atoms with E-state index in [2.05, 4.69) is 9.80 Å². The molecule has 1 unspecified atom stereocenters. The summed E-state index contributed by atoms with van der Waals surface area (Å²) in [6.45, 7) is 6.04. The molecule has 0 aromatic heterocycles. The minimum absolute atomic E-state index is 0.0107. The molecule has 2 heterocycles. The first-order chi connectivity index (χ1) is 9.31. The highest BCUT2D eigenvalue weighted by Gasteiger charge is 2.38. The Balaban J connectivity index is 1.52. The molecule has 3 aliphatic rings. The van der Waals surface area contributed by atoms with E-state index in [0.717, 1.165) is 25.4 Å². The molecular weight excluding hydrogens is 236 g/mol. The summed E-state index contributed by atoms with van der Waals surface area (Å²) < 4.78 is 0. The van der Waals surface area contributed by atoms with E-state index >= 15 is 0 Å². The normalized spacial score (nSPS) is 32.7. The van der Waals surface area contributed by atoms with E-state index in [1.165, 1.54) is 71.0 Å². The minimum atomic E-state index is 0.0107. The van der Waals surface area contributed by atoms with Gasteiger partial charge in [-0.05, 0) is 51.7 Å². The standard InChI is InChI=1S/C16H28N2O/c19-14-16(7-2-3-8-16)13-17-11-6-15(12-17)18-9-4-1-5-10-18/h14-15H,1-13H2. The van der Waals surface area contributed by atoms with Crippen LogP contribution in [-0.2, 0) is 4.79 Å². The van der Waals surface area contributed by atoms with Gasteiger partial charge in [0.25, 0.3) is 0 Å². The second-order valence-corrected chi connectivity index (χ2v) is 6.96. The van der Waals surface area contributed by atoms with Crippen molar-refractivity contribution in [2.45, 2.75) is 57.4 Å². The second-order valence-electron chi connectivity index (χ2n) is 6.96. The average Bonchev–Trinajstić information content (AvgIpc) is 3.10. The quantitative estimate of drug-likeness (QED) is 0.728. The lowest BCUT2D eigenvalue weighted by Crippen LogP contribution is -2.42. The maximum atomic E-state index is 11.5. The second kappa shape index (κ2) is 5.92. The van der Waals surface area contributed by atoms with E-state index in [1.807, 2.05) is 0 Å². The number of carbonyl (C=O) groups excluding carboxylic acids is 1. The minimum Gasteiger partial charge on any atom is -0.303 e. The number of carbonyl (C=O) groups is 1. The van der Waals surface area contributed by atoms with Crippen LogP contribution in [-0.4, -0.2) is 54.9 Å². The molecule has 0 radical (unpaired) electrons. The summed E-state index contributed by atoms with van der Waals surface area (Å²) >= 11 is 0. The van der Waals surface area contributed by atoms with E-state index in [9.17, 15) is 4.79 Å². The number of piperidine rings is 1. The summed E-state index contributed by atoms with van der Waals surface area (Å²) in [5, 5.41) is 0. The lowest BCUT2D eigenvalue weighted by Gasteiger charge is -2.33. The molecule has 1 aliphatic carbocycles. The van der Waals surface area contributed by atoms with E-state index in [-0.39, 0.29) is 5.41 Å². The molecule has 3 heteroatoms. The van der Waals surface area contributed by atoms with Crippen LogP contribution in [0.25, 0.3) is 0 Å². The van der Waals surface area contributed by atoms with Crippen molar-refractivity contribution < 1.29 is 4.79 Å². The first-order valence-electron chi connectivity index (χ1n) is 8.24. The van der Waals surface area contributed by atoms with Gasteiger partial charge in [-0.3, -0.25) is 4.90 Å². The number of hydrogen-bond acceptors (Lipinski definition) is 3. The third-order valence-corrected chi connectivity index (χ3v) is 5.54. The third kappa shape index (κ3) is 3.03. The van der Waals surface area contributed by atoms with Gasteiger partial charge in [0.05, 0.1) is 0 Å². The Hall–Kier alpha value is -0.410. The van der Waals surface area contributed by atoms with Crippen molar-refractivity contribution >= 4 is 6.29 Å². The Morgan fingerprint density at radius 2 is 1.74 bits per heavy atom. The van der Waals surface area contributed by atoms with E-state index in [0.29, 0.717) is 0 Å². The smallest absolute Gasteiger partial charge is 0.127 e. The molecular formula is C16H28N2O. The molecule has 1 atom stereocenters. The summed E-state index contributed by atoms with van der Waals surface area (Å²) in [5.74, 6) is 0. The molecule has 0 aromatic rings. The van der Waals surface area contributed by atoms with Gasteiger partial charge in [0.15, 0.2) is 0 Å². The molecule has 108 valence electrons. The van der Waals surface area contributed by atoms with Gasteiger partial charge < -0.3 is 9.69 Å². The first-order valence-corrected chi connectivity index (χ1v) is 8.24. The van der Waals surface area contributed by atoms with Crippen molar-refractivity contribution in [1.29, 1.82) is 0 Å². The fraction of sp³-hybridized carbons (Fsp3) is 0.938. The van der Waals surface area contributed by atoms with Gasteiger partial charge in [0, 0.05) is 24.5 Å². The van der Waals surface area contributed by atoms with Crippen molar-refractivity contribution in [3.8, 4) is 0 Å². The first kappa shape index (κ1) is 13.6. The number of hydrogen-bond donors (Lipinski definition) is 0. The van der Waals surface area contributed by atoms with E-state index in [1.54, 1.807) is 0 Å². The van der Waals surface area contributed by atoms with Crippen LogP contribution in [0.1, 0.15) is 51.4 Å². The predicted octanol–water partition coefficient (Wildman–Crippen LogP) is 2.31. The molecule has 3 fully saturated rings. The summed E-state index contributed by atoms with van der Waals surface area (Å²) in [4.78, 5) is 16.7. The fourth-order valence-corrected chi connectivity index (χ4v) is 4.38. The van der Waals surface area contributed by atoms with Crippen LogP contribution in [0.5, 0.6) is 0 Å². The van der Waals surface area contributed by atoms with Crippen molar-refractivity contribution in [3.05, 3.63) is 0 Å². The number of rotatable bonds is 4. The van der Waals surface area contributed by atoms with Gasteiger partial charge in [0.2, 0.25) is 0 Å². The van der Waals surface area contributed by atoms with Crippen molar-refractivity contribution in [2.24, 2.45) is 5.41 Å². The van der Waals surface area contributed by atoms with Crippen LogP contribution in [0.3, 0.4) is 0 Å². The Labute approximate surface area is 117 Å². The molecule has 0 bridgehead atoms. The lowest BCUT2D eigenvalue weighted by atomic mass is 9.87. The molecule has 2 aliphatic heterocycles. The van der Waals surface area contributed by atoms with Gasteiger partial charge in [-0.15, -0.1) is 0 Å². The molecule has 19 heavy (non-hydrogen) atoms. The van der Waals surface area contributed by atoms with Crippen LogP contribution in [0.4, 0.5) is 0 Å². The van der Waals surface area contributed by atoms with Crippen molar-refractivity contribution in [2.75, 3.05) is 32.7 Å². The third-order valence-electron chi connectivity index (χ3n) is 5.54. The highest BCUT2D eigenvalue weighted by atomic mass is 16.1. The highest BCUT2D eigenvalue weighted by Crippen LogP contribution is 2.37. The SMILES string of the molecule is O=CC1(CN2CCC(N3CCCCC3)C2)CCCC1. The van der Waals surface area contributed by atoms with Crippen LogP contribution in [0.15, 0.2) is 0 Å². The van der Waals surface area contributed by atoms with Crippen LogP contribution < -0.4 is 0 Å². The molecule has 3 nitrogen and oxygen atoms in total. The Kier molecular flexibility index (Phi) is 4.23. The Bertz CT molecular complexity index is 306. The maximum absolute atomic E-state index is 11.5. The van der Waals surface area contributed by atoms with Gasteiger partial charge in [-0.1, -0.05) is 19.3 Å². The molecule has 0 N–H and O–H groups in total. The van der Waals surface area contributed by atoms with Gasteiger partial charge in [0.1, 0.15) is 6.29 Å². The average molecular weight is 264 g/mol. The maximum Gasteiger partial charge on any atom is 0.127 e. The molecule has 2 saturated heterocycles. The largest absolute Gasteiger partial charge is 0.303 e. The lowest BCUT2D eigenvalue weighted by molar-refractivity contribution is -0.116. The summed E-state index contributed by atoms with van der Waals surface area (Å²) in [7, 11) is 0. The summed E-state index contributed by atoms with van der Waals surface area (Å²) in [6, 6.07) is 0.769. The summed E-state index contributed by atoms with van der Waals surface area (Å²) in [6.07, 6.45) is 11.5. The summed E-state index contributed by atoms with van der Waals surface area (Å²) in [5.41, 5.74) is 0.0107. The van der Waals surface area contributed by atoms with Gasteiger partial charge in [-0.25, -0.2) is 0 Å². The van der Waals surface area contributed by atoms with E-state index in [4.69, 9.17) is 0 Å². The molecule has 0 amide bonds. The highest BCUT2D eigenvalue weighted by molar-refractivity contribution is 5.60.